The molecule has 1 atom stereocenters. The molecule has 1 aromatic carbocycles. The first-order valence-corrected chi connectivity index (χ1v) is 8.05. The van der Waals surface area contributed by atoms with E-state index in [9.17, 15) is 4.79 Å². The Morgan fingerprint density at radius 2 is 2.28 bits per heavy atom. The van der Waals surface area contributed by atoms with E-state index in [0.29, 0.717) is 12.2 Å². The normalized spacial score (nSPS) is 12.0. The van der Waals surface area contributed by atoms with Gasteiger partial charge in [0.2, 0.25) is 5.91 Å². The summed E-state index contributed by atoms with van der Waals surface area (Å²) in [5, 5.41) is 10.1. The minimum Gasteiger partial charge on any atom is -0.497 e. The van der Waals surface area contributed by atoms with Crippen LogP contribution in [0.3, 0.4) is 0 Å². The van der Waals surface area contributed by atoms with E-state index < -0.39 is 0 Å². The molecule has 130 valence electrons. The lowest BCUT2D eigenvalue weighted by molar-refractivity contribution is -0.116. The molecule has 0 aliphatic heterocycles. The fourth-order valence-electron chi connectivity index (χ4n) is 2.74. The number of hydrogen-bond acceptors (Lipinski definition) is 4. The molecule has 7 nitrogen and oxygen atoms in total. The Balaban J connectivity index is 1.78. The zero-order chi connectivity index (χ0) is 17.8. The van der Waals surface area contributed by atoms with Gasteiger partial charge >= 0.3 is 0 Å². The number of aryl methyl sites for hydroxylation is 1. The third kappa shape index (κ3) is 3.71. The number of benzene rings is 1. The third-order valence-corrected chi connectivity index (χ3v) is 4.08. The van der Waals surface area contributed by atoms with Crippen LogP contribution in [0.2, 0.25) is 0 Å². The summed E-state index contributed by atoms with van der Waals surface area (Å²) in [5.41, 5.74) is 2.68. The molecule has 0 saturated carbocycles. The maximum atomic E-state index is 12.4. The fraction of sp³-hybridized carbons (Fsp3) is 0.278. The van der Waals surface area contributed by atoms with Crippen molar-refractivity contribution in [1.29, 1.82) is 0 Å². The first-order valence-electron chi connectivity index (χ1n) is 8.05. The molecule has 3 aromatic rings. The first kappa shape index (κ1) is 16.8. The molecule has 0 radical (unpaired) electrons. The molecule has 0 aliphatic rings. The smallest absolute Gasteiger partial charge is 0.227 e. The number of rotatable bonds is 6. The molecule has 2 aromatic heterocycles. The minimum atomic E-state index is -0.100. The van der Waals surface area contributed by atoms with E-state index >= 15 is 0 Å². The van der Waals surface area contributed by atoms with E-state index in [4.69, 9.17) is 4.74 Å². The van der Waals surface area contributed by atoms with Gasteiger partial charge in [0.15, 0.2) is 5.82 Å². The van der Waals surface area contributed by atoms with Crippen molar-refractivity contribution in [3.8, 4) is 16.9 Å². The van der Waals surface area contributed by atoms with Crippen LogP contribution in [0.15, 0.2) is 43.0 Å². The second-order valence-corrected chi connectivity index (χ2v) is 5.92. The van der Waals surface area contributed by atoms with Crippen molar-refractivity contribution in [3.63, 3.8) is 0 Å². The van der Waals surface area contributed by atoms with Gasteiger partial charge in [-0.2, -0.15) is 5.10 Å². The van der Waals surface area contributed by atoms with Gasteiger partial charge in [0.1, 0.15) is 5.75 Å². The molecular formula is C18H21N5O2. The van der Waals surface area contributed by atoms with Gasteiger partial charge in [-0.3, -0.25) is 9.89 Å². The number of amides is 1. The number of anilines is 1. The molecule has 25 heavy (non-hydrogen) atoms. The van der Waals surface area contributed by atoms with Crippen LogP contribution in [-0.4, -0.2) is 32.8 Å². The van der Waals surface area contributed by atoms with Crippen LogP contribution in [0.25, 0.3) is 11.1 Å². The zero-order valence-corrected chi connectivity index (χ0v) is 14.5. The van der Waals surface area contributed by atoms with E-state index in [1.165, 1.54) is 0 Å². The van der Waals surface area contributed by atoms with E-state index in [1.54, 1.807) is 19.6 Å². The standard InChI is InChI=1S/C18H21N5O2/c1-12(23-8-7-19-11-23)9-16(24)20-18-17(13(2)21-22-18)14-5-4-6-15(10-14)25-3/h4-8,10-12H,9H2,1-3H3,(H2,20,21,22,24). The van der Waals surface area contributed by atoms with Crippen molar-refractivity contribution in [1.82, 2.24) is 19.7 Å². The molecular weight excluding hydrogens is 318 g/mol. The van der Waals surface area contributed by atoms with Crippen molar-refractivity contribution in [3.05, 3.63) is 48.7 Å². The highest BCUT2D eigenvalue weighted by atomic mass is 16.5. The predicted octanol–water partition coefficient (Wildman–Crippen LogP) is 3.18. The number of carbonyl (C=O) groups excluding carboxylic acids is 1. The monoisotopic (exact) mass is 339 g/mol. The van der Waals surface area contributed by atoms with Gasteiger partial charge in [-0.15, -0.1) is 0 Å². The van der Waals surface area contributed by atoms with Crippen molar-refractivity contribution in [2.75, 3.05) is 12.4 Å². The number of nitrogens with zero attached hydrogens (tertiary/aromatic N) is 3. The van der Waals surface area contributed by atoms with Crippen LogP contribution < -0.4 is 10.1 Å². The summed E-state index contributed by atoms with van der Waals surface area (Å²) in [7, 11) is 1.63. The van der Waals surface area contributed by atoms with Gasteiger partial charge in [-0.05, 0) is 31.5 Å². The highest BCUT2D eigenvalue weighted by molar-refractivity contribution is 5.94. The Kier molecular flexibility index (Phi) is 4.83. The van der Waals surface area contributed by atoms with Gasteiger partial charge < -0.3 is 14.6 Å². The van der Waals surface area contributed by atoms with Crippen LogP contribution in [0.1, 0.15) is 25.1 Å². The zero-order valence-electron chi connectivity index (χ0n) is 14.5. The maximum absolute atomic E-state index is 12.4. The SMILES string of the molecule is COc1cccc(-c2c(NC(=O)CC(C)n3ccnc3)n[nH]c2C)c1. The Hall–Kier alpha value is -3.09. The average Bonchev–Trinajstić information content (AvgIpc) is 3.25. The van der Waals surface area contributed by atoms with Crippen molar-refractivity contribution < 1.29 is 9.53 Å². The van der Waals surface area contributed by atoms with Gasteiger partial charge in [0, 0.05) is 36.1 Å². The number of aromatic amines is 1. The van der Waals surface area contributed by atoms with Gasteiger partial charge in [-0.1, -0.05) is 12.1 Å². The second kappa shape index (κ2) is 7.21. The average molecular weight is 339 g/mol. The number of ether oxygens (including phenoxy) is 1. The summed E-state index contributed by atoms with van der Waals surface area (Å²) in [6.45, 7) is 3.89. The topological polar surface area (TPSA) is 84.8 Å². The Bertz CT molecular complexity index is 854. The van der Waals surface area contributed by atoms with Crippen LogP contribution in [0.4, 0.5) is 5.82 Å². The third-order valence-electron chi connectivity index (χ3n) is 4.08. The maximum Gasteiger partial charge on any atom is 0.227 e. The van der Waals surface area contributed by atoms with Crippen molar-refractivity contribution >= 4 is 11.7 Å². The Morgan fingerprint density at radius 3 is 3.00 bits per heavy atom. The number of carbonyl (C=O) groups is 1. The molecule has 0 saturated heterocycles. The highest BCUT2D eigenvalue weighted by Crippen LogP contribution is 2.31. The number of aromatic nitrogens is 4. The van der Waals surface area contributed by atoms with Gasteiger partial charge in [0.05, 0.1) is 13.4 Å². The number of imidazole rings is 1. The van der Waals surface area contributed by atoms with Crippen LogP contribution in [0, 0.1) is 6.92 Å². The van der Waals surface area contributed by atoms with Gasteiger partial charge in [0.25, 0.3) is 0 Å². The molecule has 1 amide bonds. The summed E-state index contributed by atoms with van der Waals surface area (Å²) >= 11 is 0. The lowest BCUT2D eigenvalue weighted by Crippen LogP contribution is -2.17. The van der Waals surface area contributed by atoms with E-state index in [-0.39, 0.29) is 11.9 Å². The molecule has 0 bridgehead atoms. The lowest BCUT2D eigenvalue weighted by Gasteiger charge is -2.13. The number of hydrogen-bond donors (Lipinski definition) is 2. The highest BCUT2D eigenvalue weighted by Gasteiger charge is 2.17. The molecule has 0 spiro atoms. The van der Waals surface area contributed by atoms with Crippen LogP contribution >= 0.6 is 0 Å². The largest absolute Gasteiger partial charge is 0.497 e. The van der Waals surface area contributed by atoms with Crippen molar-refractivity contribution in [2.24, 2.45) is 0 Å². The minimum absolute atomic E-state index is 0.0165. The predicted molar refractivity (Wildman–Crippen MR) is 95.5 cm³/mol. The molecule has 0 fully saturated rings. The summed E-state index contributed by atoms with van der Waals surface area (Å²) in [4.78, 5) is 16.4. The molecule has 3 rings (SSSR count). The van der Waals surface area contributed by atoms with Crippen molar-refractivity contribution in [2.45, 2.75) is 26.3 Å². The first-order chi connectivity index (χ1) is 12.1. The molecule has 7 heteroatoms. The lowest BCUT2D eigenvalue weighted by atomic mass is 10.1. The van der Waals surface area contributed by atoms with Gasteiger partial charge in [-0.25, -0.2) is 4.98 Å². The number of nitrogens with one attached hydrogen (secondary N) is 2. The Morgan fingerprint density at radius 1 is 1.44 bits per heavy atom. The van der Waals surface area contributed by atoms with E-state index in [0.717, 1.165) is 22.6 Å². The molecule has 2 N–H and O–H groups in total. The number of methoxy groups -OCH3 is 1. The quantitative estimate of drug-likeness (QED) is 0.722. The number of H-pyrrole nitrogens is 1. The fourth-order valence-corrected chi connectivity index (χ4v) is 2.74. The summed E-state index contributed by atoms with van der Waals surface area (Å²) in [5.74, 6) is 1.18. The summed E-state index contributed by atoms with van der Waals surface area (Å²) in [6, 6.07) is 7.69. The molecule has 2 heterocycles. The Labute approximate surface area is 146 Å². The van der Waals surface area contributed by atoms with Crippen LogP contribution in [0.5, 0.6) is 5.75 Å². The van der Waals surface area contributed by atoms with E-state index in [1.807, 2.05) is 48.9 Å². The van der Waals surface area contributed by atoms with Crippen LogP contribution in [-0.2, 0) is 4.79 Å². The molecule has 0 aliphatic carbocycles. The summed E-state index contributed by atoms with van der Waals surface area (Å²) in [6.07, 6.45) is 5.59. The summed E-state index contributed by atoms with van der Waals surface area (Å²) < 4.78 is 7.18. The molecule has 1 unspecified atom stereocenters. The van der Waals surface area contributed by atoms with E-state index in [2.05, 4.69) is 20.5 Å². The second-order valence-electron chi connectivity index (χ2n) is 5.92.